The zero-order chi connectivity index (χ0) is 18.5. The Kier molecular flexibility index (Phi) is 5.32. The van der Waals surface area contributed by atoms with Gasteiger partial charge in [-0.2, -0.15) is 0 Å². The van der Waals surface area contributed by atoms with Crippen LogP contribution in [0.4, 0.5) is 10.1 Å². The van der Waals surface area contributed by atoms with Gasteiger partial charge in [-0.15, -0.1) is 5.10 Å². The normalized spacial score (nSPS) is 10.4. The largest absolute Gasteiger partial charge is 0.452 e. The van der Waals surface area contributed by atoms with E-state index in [-0.39, 0.29) is 11.3 Å². The van der Waals surface area contributed by atoms with Crippen molar-refractivity contribution in [3.63, 3.8) is 0 Å². The fourth-order valence-electron chi connectivity index (χ4n) is 2.02. The second-order valence-electron chi connectivity index (χ2n) is 5.05. The Balaban J connectivity index is 1.55. The maximum atomic E-state index is 13.7. The van der Waals surface area contributed by atoms with Crippen molar-refractivity contribution < 1.29 is 18.7 Å². The van der Waals surface area contributed by atoms with E-state index >= 15 is 0 Å². The highest BCUT2D eigenvalue weighted by Crippen LogP contribution is 2.19. The second kappa shape index (κ2) is 7.83. The lowest BCUT2D eigenvalue weighted by atomic mass is 10.2. The van der Waals surface area contributed by atoms with E-state index in [1.165, 1.54) is 35.3 Å². The molecular weight excluding hydrogens is 409 g/mol. The first kappa shape index (κ1) is 17.7. The molecule has 132 valence electrons. The van der Waals surface area contributed by atoms with Crippen LogP contribution in [0.2, 0.25) is 0 Å². The first-order chi connectivity index (χ1) is 12.5. The number of nitrogens with one attached hydrogen (secondary N) is 1. The van der Waals surface area contributed by atoms with Gasteiger partial charge in [0.2, 0.25) is 0 Å². The van der Waals surface area contributed by atoms with Crippen LogP contribution in [0.15, 0.2) is 53.3 Å². The number of ether oxygens (including phenoxy) is 1. The molecule has 1 N–H and O–H groups in total. The maximum Gasteiger partial charge on any atom is 0.338 e. The Hall–Kier alpha value is -3.14. The van der Waals surface area contributed by atoms with Crippen molar-refractivity contribution in [3.05, 3.63) is 64.6 Å². The van der Waals surface area contributed by atoms with Crippen LogP contribution in [0.3, 0.4) is 0 Å². The summed E-state index contributed by atoms with van der Waals surface area (Å²) < 4.78 is 20.6. The summed E-state index contributed by atoms with van der Waals surface area (Å²) in [6.07, 6.45) is 1.42. The topological polar surface area (TPSA) is 99.0 Å². The lowest BCUT2D eigenvalue weighted by molar-refractivity contribution is -0.119. The number of halogens is 2. The van der Waals surface area contributed by atoms with E-state index in [0.29, 0.717) is 10.2 Å². The number of esters is 1. The Morgan fingerprint density at radius 2 is 1.96 bits per heavy atom. The number of anilines is 1. The van der Waals surface area contributed by atoms with E-state index in [9.17, 15) is 14.0 Å². The molecule has 0 aliphatic rings. The third kappa shape index (κ3) is 4.28. The number of carbonyl (C=O) groups is 2. The first-order valence-corrected chi connectivity index (χ1v) is 8.07. The maximum absolute atomic E-state index is 13.7. The molecule has 1 amide bonds. The average Bonchev–Trinajstić information content (AvgIpc) is 3.17. The van der Waals surface area contributed by atoms with E-state index in [2.05, 4.69) is 36.8 Å². The molecule has 0 fully saturated rings. The van der Waals surface area contributed by atoms with Crippen molar-refractivity contribution in [3.8, 4) is 5.69 Å². The monoisotopic (exact) mass is 419 g/mol. The SMILES string of the molecule is O=C(COC(=O)c1ccc(-n2cnnn2)cc1)Nc1ccc(Br)cc1F. The predicted molar refractivity (Wildman–Crippen MR) is 92.2 cm³/mol. The van der Waals surface area contributed by atoms with Gasteiger partial charge in [0, 0.05) is 4.47 Å². The Bertz CT molecular complexity index is 932. The molecule has 0 saturated carbocycles. The van der Waals surface area contributed by atoms with Crippen molar-refractivity contribution in [2.24, 2.45) is 0 Å². The molecule has 10 heteroatoms. The van der Waals surface area contributed by atoms with E-state index in [1.807, 2.05) is 0 Å². The van der Waals surface area contributed by atoms with Crippen molar-refractivity contribution in [1.29, 1.82) is 0 Å². The molecule has 1 aromatic heterocycles. The molecule has 1 heterocycles. The number of nitrogens with zero attached hydrogens (tertiary/aromatic N) is 4. The molecule has 0 radical (unpaired) electrons. The molecule has 0 bridgehead atoms. The molecule has 0 spiro atoms. The van der Waals surface area contributed by atoms with Gasteiger partial charge in [0.15, 0.2) is 6.61 Å². The van der Waals surface area contributed by atoms with Gasteiger partial charge in [0.25, 0.3) is 5.91 Å². The fraction of sp³-hybridized carbons (Fsp3) is 0.0625. The summed E-state index contributed by atoms with van der Waals surface area (Å²) in [6.45, 7) is -0.539. The van der Waals surface area contributed by atoms with Crippen molar-refractivity contribution in [1.82, 2.24) is 20.2 Å². The summed E-state index contributed by atoms with van der Waals surface area (Å²) in [5.41, 5.74) is 0.916. The minimum atomic E-state index is -0.681. The number of tetrazole rings is 1. The van der Waals surface area contributed by atoms with E-state index in [4.69, 9.17) is 4.74 Å². The summed E-state index contributed by atoms with van der Waals surface area (Å²) in [6, 6.07) is 10.5. The second-order valence-corrected chi connectivity index (χ2v) is 5.97. The van der Waals surface area contributed by atoms with Crippen LogP contribution in [0.1, 0.15) is 10.4 Å². The van der Waals surface area contributed by atoms with Gasteiger partial charge < -0.3 is 10.1 Å². The zero-order valence-electron chi connectivity index (χ0n) is 13.1. The highest BCUT2D eigenvalue weighted by molar-refractivity contribution is 9.10. The molecule has 2 aromatic carbocycles. The first-order valence-electron chi connectivity index (χ1n) is 7.28. The quantitative estimate of drug-likeness (QED) is 0.637. The van der Waals surface area contributed by atoms with Gasteiger partial charge in [0.1, 0.15) is 12.1 Å². The van der Waals surface area contributed by atoms with E-state index in [0.717, 1.165) is 0 Å². The molecule has 8 nitrogen and oxygen atoms in total. The van der Waals surface area contributed by atoms with Crippen LogP contribution < -0.4 is 5.32 Å². The number of amides is 1. The number of aromatic nitrogens is 4. The number of hydrogen-bond acceptors (Lipinski definition) is 6. The number of hydrogen-bond donors (Lipinski definition) is 1. The van der Waals surface area contributed by atoms with Gasteiger partial charge >= 0.3 is 5.97 Å². The molecule has 26 heavy (non-hydrogen) atoms. The number of benzene rings is 2. The standard InChI is InChI=1S/C16H11BrFN5O3/c17-11-3-6-14(13(18)7-11)20-15(24)8-26-16(25)10-1-4-12(5-2-10)23-9-19-21-22-23/h1-7,9H,8H2,(H,20,24). The highest BCUT2D eigenvalue weighted by atomic mass is 79.9. The summed E-state index contributed by atoms with van der Waals surface area (Å²) in [5, 5.41) is 13.1. The molecule has 3 aromatic rings. The smallest absolute Gasteiger partial charge is 0.338 e. The van der Waals surface area contributed by atoms with Crippen molar-refractivity contribution in [2.75, 3.05) is 11.9 Å². The summed E-state index contributed by atoms with van der Waals surface area (Å²) in [5.74, 6) is -1.93. The van der Waals surface area contributed by atoms with Crippen LogP contribution in [0.5, 0.6) is 0 Å². The van der Waals surface area contributed by atoms with E-state index in [1.54, 1.807) is 18.2 Å². The van der Waals surface area contributed by atoms with Crippen LogP contribution in [-0.2, 0) is 9.53 Å². The summed E-state index contributed by atoms with van der Waals surface area (Å²) in [4.78, 5) is 23.8. The van der Waals surface area contributed by atoms with Gasteiger partial charge in [0.05, 0.1) is 16.9 Å². The third-order valence-corrected chi connectivity index (χ3v) is 3.75. The van der Waals surface area contributed by atoms with Gasteiger partial charge in [-0.05, 0) is 52.9 Å². The molecule has 0 unspecified atom stereocenters. The lowest BCUT2D eigenvalue weighted by Gasteiger charge is -2.08. The predicted octanol–water partition coefficient (Wildman–Crippen LogP) is 2.36. The Morgan fingerprint density at radius 1 is 1.19 bits per heavy atom. The van der Waals surface area contributed by atoms with Crippen molar-refractivity contribution in [2.45, 2.75) is 0 Å². The van der Waals surface area contributed by atoms with Gasteiger partial charge in [-0.3, -0.25) is 4.79 Å². The summed E-state index contributed by atoms with van der Waals surface area (Å²) in [7, 11) is 0. The molecular formula is C16H11BrFN5O3. The van der Waals surface area contributed by atoms with Crippen LogP contribution in [0, 0.1) is 5.82 Å². The number of rotatable bonds is 5. The molecule has 0 aliphatic heterocycles. The minimum absolute atomic E-state index is 0.0000402. The van der Waals surface area contributed by atoms with Gasteiger partial charge in [-0.25, -0.2) is 13.9 Å². The molecule has 3 rings (SSSR count). The van der Waals surface area contributed by atoms with Gasteiger partial charge in [-0.1, -0.05) is 15.9 Å². The lowest BCUT2D eigenvalue weighted by Crippen LogP contribution is -2.21. The highest BCUT2D eigenvalue weighted by Gasteiger charge is 2.12. The average molecular weight is 420 g/mol. The number of carbonyl (C=O) groups excluding carboxylic acids is 2. The molecule has 0 atom stereocenters. The van der Waals surface area contributed by atoms with Crippen molar-refractivity contribution >= 4 is 33.5 Å². The third-order valence-electron chi connectivity index (χ3n) is 3.26. The van der Waals surface area contributed by atoms with E-state index < -0.39 is 24.3 Å². The Labute approximate surface area is 155 Å². The Morgan fingerprint density at radius 3 is 2.62 bits per heavy atom. The van der Waals surface area contributed by atoms with Crippen LogP contribution in [0.25, 0.3) is 5.69 Å². The zero-order valence-corrected chi connectivity index (χ0v) is 14.7. The van der Waals surface area contributed by atoms with Crippen LogP contribution >= 0.6 is 15.9 Å². The van der Waals surface area contributed by atoms with Crippen LogP contribution in [-0.4, -0.2) is 38.7 Å². The fourth-order valence-corrected chi connectivity index (χ4v) is 2.35. The molecule has 0 saturated heterocycles. The summed E-state index contributed by atoms with van der Waals surface area (Å²) >= 11 is 3.12. The minimum Gasteiger partial charge on any atom is -0.452 e. The molecule has 0 aliphatic carbocycles.